The SMILES string of the molecule is CCc1noc(CCNC(=O)[C@H]2CC(=O)OC23CCCC3)n1. The molecule has 1 N–H and O–H groups in total. The summed E-state index contributed by atoms with van der Waals surface area (Å²) in [5.74, 6) is 0.457. The maximum atomic E-state index is 12.4. The van der Waals surface area contributed by atoms with E-state index in [1.807, 2.05) is 6.92 Å². The summed E-state index contributed by atoms with van der Waals surface area (Å²) in [4.78, 5) is 28.2. The van der Waals surface area contributed by atoms with Crippen LogP contribution < -0.4 is 5.32 Å². The Balaban J connectivity index is 1.54. The molecular formula is C15H21N3O4. The number of nitrogens with zero attached hydrogens (tertiary/aromatic N) is 2. The standard InChI is InChI=1S/C15H21N3O4/c1-2-11-17-12(22-18-11)5-8-16-14(20)10-9-13(19)21-15(10)6-3-4-7-15/h10H,2-9H2,1H3,(H,16,20)/t10-/m1/s1. The summed E-state index contributed by atoms with van der Waals surface area (Å²) in [5.41, 5.74) is -0.555. The molecule has 1 aromatic rings. The van der Waals surface area contributed by atoms with Crippen LogP contribution in [0.25, 0.3) is 0 Å². The summed E-state index contributed by atoms with van der Waals surface area (Å²) < 4.78 is 10.6. The number of nitrogens with one attached hydrogen (secondary N) is 1. The average molecular weight is 307 g/mol. The van der Waals surface area contributed by atoms with Crippen LogP contribution in [0.3, 0.4) is 0 Å². The van der Waals surface area contributed by atoms with Crippen molar-refractivity contribution in [2.45, 2.75) is 57.5 Å². The molecule has 1 amide bonds. The summed E-state index contributed by atoms with van der Waals surface area (Å²) in [7, 11) is 0. The quantitative estimate of drug-likeness (QED) is 0.821. The van der Waals surface area contributed by atoms with Crippen molar-refractivity contribution in [1.82, 2.24) is 15.5 Å². The van der Waals surface area contributed by atoms with E-state index >= 15 is 0 Å². The predicted octanol–water partition coefficient (Wildman–Crippen LogP) is 1.17. The monoisotopic (exact) mass is 307 g/mol. The van der Waals surface area contributed by atoms with Crippen molar-refractivity contribution in [3.63, 3.8) is 0 Å². The number of carbonyl (C=O) groups excluding carboxylic acids is 2. The van der Waals surface area contributed by atoms with E-state index in [4.69, 9.17) is 9.26 Å². The van der Waals surface area contributed by atoms with Gasteiger partial charge in [0.15, 0.2) is 5.82 Å². The van der Waals surface area contributed by atoms with Crippen LogP contribution in [0.15, 0.2) is 4.52 Å². The highest BCUT2D eigenvalue weighted by Crippen LogP contribution is 2.45. The number of hydrogen-bond acceptors (Lipinski definition) is 6. The normalized spacial score (nSPS) is 23.0. The molecule has 3 rings (SSSR count). The Kier molecular flexibility index (Phi) is 4.13. The summed E-state index contributed by atoms with van der Waals surface area (Å²) in [6, 6.07) is 0. The average Bonchev–Trinajstić information content (AvgIpc) is 3.20. The zero-order chi connectivity index (χ0) is 15.6. The van der Waals surface area contributed by atoms with Crippen LogP contribution >= 0.6 is 0 Å². The summed E-state index contributed by atoms with van der Waals surface area (Å²) in [6.45, 7) is 2.37. The molecule has 1 atom stereocenters. The van der Waals surface area contributed by atoms with Crippen LogP contribution in [0.4, 0.5) is 0 Å². The van der Waals surface area contributed by atoms with E-state index in [0.29, 0.717) is 24.7 Å². The smallest absolute Gasteiger partial charge is 0.307 e. The molecule has 7 nitrogen and oxygen atoms in total. The van der Waals surface area contributed by atoms with E-state index < -0.39 is 5.60 Å². The first-order valence-electron chi connectivity index (χ1n) is 7.94. The van der Waals surface area contributed by atoms with E-state index in [9.17, 15) is 9.59 Å². The van der Waals surface area contributed by atoms with Gasteiger partial charge in [-0.05, 0) is 25.7 Å². The highest BCUT2D eigenvalue weighted by atomic mass is 16.6. The predicted molar refractivity (Wildman–Crippen MR) is 75.8 cm³/mol. The Morgan fingerprint density at radius 1 is 1.41 bits per heavy atom. The molecule has 0 unspecified atom stereocenters. The van der Waals surface area contributed by atoms with Gasteiger partial charge in [0.1, 0.15) is 5.60 Å². The van der Waals surface area contributed by atoms with Crippen molar-refractivity contribution < 1.29 is 18.8 Å². The van der Waals surface area contributed by atoms with Gasteiger partial charge in [0.25, 0.3) is 0 Å². The van der Waals surface area contributed by atoms with Crippen molar-refractivity contribution >= 4 is 11.9 Å². The summed E-state index contributed by atoms with van der Waals surface area (Å²) >= 11 is 0. The second kappa shape index (κ2) is 6.06. The Labute approximate surface area is 128 Å². The summed E-state index contributed by atoms with van der Waals surface area (Å²) in [5, 5.41) is 6.69. The van der Waals surface area contributed by atoms with Crippen LogP contribution in [0.2, 0.25) is 0 Å². The third-order valence-corrected chi connectivity index (χ3v) is 4.55. The highest BCUT2D eigenvalue weighted by molar-refractivity contribution is 5.87. The molecule has 1 aromatic heterocycles. The zero-order valence-corrected chi connectivity index (χ0v) is 12.8. The fraction of sp³-hybridized carbons (Fsp3) is 0.733. The minimum Gasteiger partial charge on any atom is -0.458 e. The lowest BCUT2D eigenvalue weighted by molar-refractivity contribution is -0.149. The van der Waals surface area contributed by atoms with Crippen molar-refractivity contribution in [2.24, 2.45) is 5.92 Å². The molecule has 1 saturated carbocycles. The Bertz CT molecular complexity index is 563. The first kappa shape index (κ1) is 15.0. The van der Waals surface area contributed by atoms with Gasteiger partial charge in [0, 0.05) is 19.4 Å². The van der Waals surface area contributed by atoms with Gasteiger partial charge in [-0.2, -0.15) is 4.98 Å². The van der Waals surface area contributed by atoms with Crippen LogP contribution in [-0.4, -0.2) is 34.2 Å². The van der Waals surface area contributed by atoms with E-state index in [-0.39, 0.29) is 24.2 Å². The topological polar surface area (TPSA) is 94.3 Å². The molecule has 0 aromatic carbocycles. The van der Waals surface area contributed by atoms with Crippen molar-refractivity contribution in [1.29, 1.82) is 0 Å². The molecule has 2 heterocycles. The maximum Gasteiger partial charge on any atom is 0.307 e. The number of amides is 1. The van der Waals surface area contributed by atoms with Crippen molar-refractivity contribution in [2.75, 3.05) is 6.54 Å². The first-order valence-corrected chi connectivity index (χ1v) is 7.94. The van der Waals surface area contributed by atoms with Gasteiger partial charge in [0.2, 0.25) is 11.8 Å². The van der Waals surface area contributed by atoms with E-state index in [2.05, 4.69) is 15.5 Å². The fourth-order valence-electron chi connectivity index (χ4n) is 3.40. The third kappa shape index (κ3) is 2.84. The maximum absolute atomic E-state index is 12.4. The molecule has 1 aliphatic heterocycles. The zero-order valence-electron chi connectivity index (χ0n) is 12.8. The Morgan fingerprint density at radius 2 is 2.18 bits per heavy atom. The number of aryl methyl sites for hydroxylation is 1. The number of esters is 1. The second-order valence-corrected chi connectivity index (χ2v) is 6.00. The fourth-order valence-corrected chi connectivity index (χ4v) is 3.40. The number of rotatable bonds is 5. The number of aromatic nitrogens is 2. The van der Waals surface area contributed by atoms with Gasteiger partial charge in [0.05, 0.1) is 12.3 Å². The third-order valence-electron chi connectivity index (χ3n) is 4.55. The largest absolute Gasteiger partial charge is 0.458 e. The molecule has 1 aliphatic carbocycles. The van der Waals surface area contributed by atoms with Gasteiger partial charge < -0.3 is 14.6 Å². The van der Waals surface area contributed by atoms with Gasteiger partial charge in [-0.15, -0.1) is 0 Å². The second-order valence-electron chi connectivity index (χ2n) is 6.00. The van der Waals surface area contributed by atoms with E-state index in [0.717, 1.165) is 32.1 Å². The van der Waals surface area contributed by atoms with Crippen LogP contribution in [-0.2, 0) is 27.2 Å². The van der Waals surface area contributed by atoms with E-state index in [1.165, 1.54) is 0 Å². The highest BCUT2D eigenvalue weighted by Gasteiger charge is 2.53. The number of ether oxygens (including phenoxy) is 1. The van der Waals surface area contributed by atoms with Crippen LogP contribution in [0, 0.1) is 5.92 Å². The minimum atomic E-state index is -0.555. The molecule has 120 valence electrons. The van der Waals surface area contributed by atoms with Crippen molar-refractivity contribution in [3.05, 3.63) is 11.7 Å². The minimum absolute atomic E-state index is 0.108. The molecule has 7 heteroatoms. The number of hydrogen-bond donors (Lipinski definition) is 1. The molecule has 0 radical (unpaired) electrons. The Morgan fingerprint density at radius 3 is 2.86 bits per heavy atom. The van der Waals surface area contributed by atoms with Crippen molar-refractivity contribution in [3.8, 4) is 0 Å². The van der Waals surface area contributed by atoms with Crippen LogP contribution in [0.5, 0.6) is 0 Å². The molecular weight excluding hydrogens is 286 g/mol. The molecule has 2 fully saturated rings. The van der Waals surface area contributed by atoms with E-state index in [1.54, 1.807) is 0 Å². The molecule has 0 bridgehead atoms. The van der Waals surface area contributed by atoms with Gasteiger partial charge in [-0.25, -0.2) is 0 Å². The van der Waals surface area contributed by atoms with Crippen LogP contribution in [0.1, 0.15) is 50.7 Å². The Hall–Kier alpha value is -1.92. The first-order chi connectivity index (χ1) is 10.6. The lowest BCUT2D eigenvalue weighted by atomic mass is 9.85. The lowest BCUT2D eigenvalue weighted by Gasteiger charge is -2.27. The van der Waals surface area contributed by atoms with Gasteiger partial charge in [-0.3, -0.25) is 9.59 Å². The van der Waals surface area contributed by atoms with Gasteiger partial charge >= 0.3 is 5.97 Å². The molecule has 22 heavy (non-hydrogen) atoms. The van der Waals surface area contributed by atoms with Gasteiger partial charge in [-0.1, -0.05) is 12.1 Å². The molecule has 2 aliphatic rings. The molecule has 1 saturated heterocycles. The number of carbonyl (C=O) groups is 2. The lowest BCUT2D eigenvalue weighted by Crippen LogP contribution is -2.43. The molecule has 1 spiro atoms. The summed E-state index contributed by atoms with van der Waals surface area (Å²) in [6.07, 6.45) is 5.01.